The summed E-state index contributed by atoms with van der Waals surface area (Å²) in [4.78, 5) is 15.1. The van der Waals surface area contributed by atoms with Crippen molar-refractivity contribution in [1.82, 2.24) is 15.0 Å². The summed E-state index contributed by atoms with van der Waals surface area (Å²) < 4.78 is 6.51. The molecule has 2 heterocycles. The Kier molecular flexibility index (Phi) is 9.36. The van der Waals surface area contributed by atoms with E-state index in [1.807, 2.05) is 72.8 Å². The van der Waals surface area contributed by atoms with E-state index < -0.39 is 5.41 Å². The van der Waals surface area contributed by atoms with Crippen LogP contribution in [0.15, 0.2) is 253 Å². The van der Waals surface area contributed by atoms with Gasteiger partial charge >= 0.3 is 0 Å². The maximum atomic E-state index is 6.51. The lowest BCUT2D eigenvalue weighted by atomic mass is 9.67. The number of furan rings is 1. The molecule has 0 amide bonds. The quantitative estimate of drug-likeness (QED) is 0.153. The lowest BCUT2D eigenvalue weighted by Gasteiger charge is -2.34. The van der Waals surface area contributed by atoms with Crippen molar-refractivity contribution in [2.75, 3.05) is 0 Å². The van der Waals surface area contributed by atoms with E-state index in [2.05, 4.69) is 176 Å². The zero-order valence-corrected chi connectivity index (χ0v) is 36.9. The third-order valence-electron chi connectivity index (χ3n) is 13.6. The number of rotatable bonds is 8. The molecule has 0 unspecified atom stereocenters. The number of hydrogen-bond acceptors (Lipinski definition) is 4. The molecule has 12 aromatic rings. The molecule has 0 bridgehead atoms. The minimum atomic E-state index is -0.442. The van der Waals surface area contributed by atoms with E-state index in [4.69, 9.17) is 19.4 Å². The minimum Gasteiger partial charge on any atom is -0.456 e. The van der Waals surface area contributed by atoms with Gasteiger partial charge in [0.15, 0.2) is 17.5 Å². The molecule has 0 saturated heterocycles. The molecule has 1 aliphatic carbocycles. The molecular formula is C64H41N3O. The summed E-state index contributed by atoms with van der Waals surface area (Å²) in [7, 11) is 0. The Balaban J connectivity index is 0.880. The largest absolute Gasteiger partial charge is 0.456 e. The maximum Gasteiger partial charge on any atom is 0.164 e. The number of fused-ring (bicyclic) bond motifs is 6. The monoisotopic (exact) mass is 867 g/mol. The van der Waals surface area contributed by atoms with Crippen LogP contribution in [0, 0.1) is 0 Å². The van der Waals surface area contributed by atoms with Gasteiger partial charge in [-0.1, -0.05) is 224 Å². The van der Waals surface area contributed by atoms with Gasteiger partial charge in [0.05, 0.1) is 5.41 Å². The summed E-state index contributed by atoms with van der Waals surface area (Å²) in [6.45, 7) is 0. The SMILES string of the molecule is c1ccc(-c2nc(-c3ccccc3)nc(-c3cccc4oc5ccc(-c6cccc(-c7ccc(-c8cccc9c8-c8ccccc8C9(c8ccccc8)c8ccccc8)cc7)c6)cc5c34)n2)cc1. The van der Waals surface area contributed by atoms with Crippen molar-refractivity contribution < 1.29 is 4.42 Å². The second-order valence-electron chi connectivity index (χ2n) is 17.4. The lowest BCUT2D eigenvalue weighted by Crippen LogP contribution is -2.28. The highest BCUT2D eigenvalue weighted by Crippen LogP contribution is 2.58. The van der Waals surface area contributed by atoms with Crippen LogP contribution in [0.4, 0.5) is 0 Å². The molecule has 0 atom stereocenters. The topological polar surface area (TPSA) is 51.8 Å². The minimum absolute atomic E-state index is 0.442. The van der Waals surface area contributed by atoms with Gasteiger partial charge < -0.3 is 4.42 Å². The van der Waals surface area contributed by atoms with Gasteiger partial charge in [0.25, 0.3) is 0 Å². The van der Waals surface area contributed by atoms with E-state index in [9.17, 15) is 0 Å². The first-order chi connectivity index (χ1) is 33.7. The van der Waals surface area contributed by atoms with Crippen LogP contribution in [-0.2, 0) is 5.41 Å². The summed E-state index contributed by atoms with van der Waals surface area (Å²) in [6.07, 6.45) is 0. The summed E-state index contributed by atoms with van der Waals surface area (Å²) in [5.74, 6) is 1.84. The van der Waals surface area contributed by atoms with E-state index in [0.29, 0.717) is 17.5 Å². The van der Waals surface area contributed by atoms with Crippen molar-refractivity contribution in [1.29, 1.82) is 0 Å². The lowest BCUT2D eigenvalue weighted by molar-refractivity contribution is 0.669. The zero-order valence-electron chi connectivity index (χ0n) is 36.9. The molecule has 4 heteroatoms. The second kappa shape index (κ2) is 16.2. The van der Waals surface area contributed by atoms with Gasteiger partial charge in [0, 0.05) is 27.5 Å². The molecule has 0 saturated carbocycles. The normalized spacial score (nSPS) is 12.5. The third-order valence-corrected chi connectivity index (χ3v) is 13.6. The standard InChI is InChI=1S/C64H41N3O/c1-5-18-44(19-6-1)61-65-62(45-20-7-2-8-21-45)67-63(66-61)53-30-17-33-58-60(53)54-41-48(38-39-57(54)68-58)47-23-15-22-46(40-47)42-34-36-43(37-35-42)51-29-16-32-56-59(51)52-28-13-14-31-55(52)64(56,49-24-9-3-10-25-49)50-26-11-4-12-27-50/h1-41H. The van der Waals surface area contributed by atoms with E-state index in [1.165, 1.54) is 44.5 Å². The predicted molar refractivity (Wildman–Crippen MR) is 277 cm³/mol. The van der Waals surface area contributed by atoms with E-state index in [0.717, 1.165) is 60.9 Å². The maximum absolute atomic E-state index is 6.51. The van der Waals surface area contributed by atoms with Crippen molar-refractivity contribution in [3.05, 3.63) is 271 Å². The van der Waals surface area contributed by atoms with E-state index >= 15 is 0 Å². The average Bonchev–Trinajstić information content (AvgIpc) is 3.96. The van der Waals surface area contributed by atoms with Crippen LogP contribution >= 0.6 is 0 Å². The van der Waals surface area contributed by atoms with Crippen LogP contribution in [0.25, 0.3) is 101 Å². The van der Waals surface area contributed by atoms with Gasteiger partial charge in [-0.05, 0) is 91.0 Å². The van der Waals surface area contributed by atoms with Crippen molar-refractivity contribution in [2.24, 2.45) is 0 Å². The highest BCUT2D eigenvalue weighted by atomic mass is 16.3. The Morgan fingerprint density at radius 1 is 0.294 bits per heavy atom. The molecule has 4 nitrogen and oxygen atoms in total. The van der Waals surface area contributed by atoms with Gasteiger partial charge in [-0.15, -0.1) is 0 Å². The van der Waals surface area contributed by atoms with E-state index in [-0.39, 0.29) is 0 Å². The summed E-state index contributed by atoms with van der Waals surface area (Å²) in [5, 5.41) is 1.98. The molecule has 0 fully saturated rings. The van der Waals surface area contributed by atoms with Crippen molar-refractivity contribution in [3.8, 4) is 78.7 Å². The first kappa shape index (κ1) is 39.4. The fourth-order valence-electron chi connectivity index (χ4n) is 10.6. The fourth-order valence-corrected chi connectivity index (χ4v) is 10.6. The van der Waals surface area contributed by atoms with Crippen molar-refractivity contribution in [3.63, 3.8) is 0 Å². The number of hydrogen-bond donors (Lipinski definition) is 0. The number of nitrogens with zero attached hydrogens (tertiary/aromatic N) is 3. The highest BCUT2D eigenvalue weighted by molar-refractivity contribution is 6.13. The molecule has 1 aliphatic rings. The Bertz CT molecular complexity index is 3730. The Morgan fingerprint density at radius 2 is 0.765 bits per heavy atom. The summed E-state index contributed by atoms with van der Waals surface area (Å²) >= 11 is 0. The molecule has 0 spiro atoms. The smallest absolute Gasteiger partial charge is 0.164 e. The molecule has 13 rings (SSSR count). The molecule has 68 heavy (non-hydrogen) atoms. The molecular weight excluding hydrogens is 827 g/mol. The van der Waals surface area contributed by atoms with Gasteiger partial charge in [0.2, 0.25) is 0 Å². The van der Waals surface area contributed by atoms with Crippen LogP contribution in [0.2, 0.25) is 0 Å². The van der Waals surface area contributed by atoms with Gasteiger partial charge in [-0.2, -0.15) is 0 Å². The van der Waals surface area contributed by atoms with Gasteiger partial charge in [-0.3, -0.25) is 0 Å². The average molecular weight is 868 g/mol. The van der Waals surface area contributed by atoms with Crippen LogP contribution in [0.1, 0.15) is 22.3 Å². The molecule has 2 aromatic heterocycles. The van der Waals surface area contributed by atoms with E-state index in [1.54, 1.807) is 0 Å². The Morgan fingerprint density at radius 3 is 1.44 bits per heavy atom. The number of aromatic nitrogens is 3. The molecule has 10 aromatic carbocycles. The van der Waals surface area contributed by atoms with Crippen LogP contribution in [0.3, 0.4) is 0 Å². The summed E-state index contributed by atoms with van der Waals surface area (Å²) in [6, 6.07) is 88.4. The highest BCUT2D eigenvalue weighted by Gasteiger charge is 2.46. The Hall–Kier alpha value is -8.99. The molecule has 0 aliphatic heterocycles. The summed E-state index contributed by atoms with van der Waals surface area (Å²) in [5.41, 5.74) is 18.6. The van der Waals surface area contributed by atoms with Crippen LogP contribution < -0.4 is 0 Å². The second-order valence-corrected chi connectivity index (χ2v) is 17.4. The fraction of sp³-hybridized carbons (Fsp3) is 0.0156. The van der Waals surface area contributed by atoms with Gasteiger partial charge in [-0.25, -0.2) is 15.0 Å². The molecule has 0 N–H and O–H groups in total. The molecule has 318 valence electrons. The Labute approximate surface area is 394 Å². The van der Waals surface area contributed by atoms with Crippen molar-refractivity contribution in [2.45, 2.75) is 5.41 Å². The van der Waals surface area contributed by atoms with Crippen LogP contribution in [0.5, 0.6) is 0 Å². The predicted octanol–water partition coefficient (Wildman–Crippen LogP) is 16.1. The zero-order chi connectivity index (χ0) is 45.0. The van der Waals surface area contributed by atoms with Crippen molar-refractivity contribution >= 4 is 21.9 Å². The van der Waals surface area contributed by atoms with Crippen LogP contribution in [-0.4, -0.2) is 15.0 Å². The third kappa shape index (κ3) is 6.41. The first-order valence-electron chi connectivity index (χ1n) is 23.1. The molecule has 0 radical (unpaired) electrons. The van der Waals surface area contributed by atoms with Gasteiger partial charge in [0.1, 0.15) is 11.2 Å². The number of benzene rings is 10. The first-order valence-corrected chi connectivity index (χ1v) is 23.1.